The second-order valence-electron chi connectivity index (χ2n) is 2.72. The molecule has 0 radical (unpaired) electrons. The van der Waals surface area contributed by atoms with Gasteiger partial charge >= 0.3 is 0 Å². The van der Waals surface area contributed by atoms with E-state index in [9.17, 15) is 0 Å². The molecule has 50 valence electrons. The lowest BCUT2D eigenvalue weighted by molar-refractivity contribution is 0.808. The van der Waals surface area contributed by atoms with E-state index in [2.05, 4.69) is 12.0 Å². The van der Waals surface area contributed by atoms with Crippen LogP contribution in [0.5, 0.6) is 0 Å². The van der Waals surface area contributed by atoms with Crippen LogP contribution in [0.15, 0.2) is 5.10 Å². The molecule has 0 aliphatic heterocycles. The molecule has 0 spiro atoms. The van der Waals surface area contributed by atoms with Gasteiger partial charge in [-0.1, -0.05) is 6.92 Å². The Labute approximate surface area is 54.4 Å². The Kier molecular flexibility index (Phi) is 1.27. The Hall–Kier alpha value is -0.860. The second kappa shape index (κ2) is 1.83. The summed E-state index contributed by atoms with van der Waals surface area (Å²) in [5.41, 5.74) is 0.874. The van der Waals surface area contributed by atoms with E-state index >= 15 is 0 Å². The molecule has 1 fully saturated rings. The standard InChI is InChI=1S/C6H11N3/c1-6(2-3-6)5(4-7)9-8/h4,7H,2-3,8H2,1H3. The minimum Gasteiger partial charge on any atom is -0.323 e. The summed E-state index contributed by atoms with van der Waals surface area (Å²) in [5.74, 6) is 5.05. The van der Waals surface area contributed by atoms with Gasteiger partial charge in [0.15, 0.2) is 0 Å². The molecule has 0 heterocycles. The molecule has 0 bridgehead atoms. The van der Waals surface area contributed by atoms with Crippen LogP contribution in [-0.2, 0) is 0 Å². The summed E-state index contributed by atoms with van der Waals surface area (Å²) in [6.45, 7) is 2.07. The summed E-state index contributed by atoms with van der Waals surface area (Å²) >= 11 is 0. The summed E-state index contributed by atoms with van der Waals surface area (Å²) in [5, 5.41) is 10.4. The van der Waals surface area contributed by atoms with Crippen molar-refractivity contribution < 1.29 is 0 Å². The summed E-state index contributed by atoms with van der Waals surface area (Å²) < 4.78 is 0. The van der Waals surface area contributed by atoms with E-state index < -0.39 is 0 Å². The number of rotatable bonds is 2. The SMILES string of the molecule is CC1(C(C=N)=NN)CC1. The first-order valence-corrected chi connectivity index (χ1v) is 3.02. The fourth-order valence-electron chi connectivity index (χ4n) is 0.811. The molecule has 0 aromatic carbocycles. The van der Waals surface area contributed by atoms with Crippen molar-refractivity contribution in [3.8, 4) is 0 Å². The minimum absolute atomic E-state index is 0.149. The van der Waals surface area contributed by atoms with Gasteiger partial charge in [-0.15, -0.1) is 0 Å². The van der Waals surface area contributed by atoms with E-state index in [0.717, 1.165) is 18.6 Å². The van der Waals surface area contributed by atoms with Crippen molar-refractivity contribution in [2.24, 2.45) is 16.4 Å². The first kappa shape index (κ1) is 6.26. The van der Waals surface area contributed by atoms with Crippen LogP contribution in [-0.4, -0.2) is 11.9 Å². The van der Waals surface area contributed by atoms with Gasteiger partial charge < -0.3 is 11.3 Å². The lowest BCUT2D eigenvalue weighted by Crippen LogP contribution is -2.14. The molecule has 0 amide bonds. The van der Waals surface area contributed by atoms with Crippen LogP contribution >= 0.6 is 0 Å². The van der Waals surface area contributed by atoms with Gasteiger partial charge in [-0.05, 0) is 12.8 Å². The third-order valence-corrected chi connectivity index (χ3v) is 1.89. The van der Waals surface area contributed by atoms with Crippen molar-refractivity contribution in [2.45, 2.75) is 19.8 Å². The molecule has 3 heteroatoms. The van der Waals surface area contributed by atoms with Crippen LogP contribution in [0.4, 0.5) is 0 Å². The maximum absolute atomic E-state index is 6.92. The Balaban J connectivity index is 2.69. The summed E-state index contributed by atoms with van der Waals surface area (Å²) in [6.07, 6.45) is 3.49. The van der Waals surface area contributed by atoms with Crippen molar-refractivity contribution in [3.63, 3.8) is 0 Å². The molecule has 0 saturated heterocycles. The number of nitrogens with two attached hydrogens (primary N) is 1. The highest BCUT2D eigenvalue weighted by molar-refractivity contribution is 6.32. The van der Waals surface area contributed by atoms with Gasteiger partial charge in [-0.25, -0.2) is 0 Å². The number of hydrogen-bond acceptors (Lipinski definition) is 3. The third kappa shape index (κ3) is 0.943. The summed E-state index contributed by atoms with van der Waals surface area (Å²) in [4.78, 5) is 0. The van der Waals surface area contributed by atoms with Gasteiger partial charge in [0.1, 0.15) is 0 Å². The normalized spacial score (nSPS) is 23.4. The number of hydrogen-bond donors (Lipinski definition) is 2. The number of nitrogens with one attached hydrogen (secondary N) is 1. The van der Waals surface area contributed by atoms with Gasteiger partial charge in [0.2, 0.25) is 0 Å². The predicted octanol–water partition coefficient (Wildman–Crippen LogP) is 0.751. The Morgan fingerprint density at radius 1 is 1.78 bits per heavy atom. The van der Waals surface area contributed by atoms with Gasteiger partial charge in [0.25, 0.3) is 0 Å². The second-order valence-corrected chi connectivity index (χ2v) is 2.72. The highest BCUT2D eigenvalue weighted by atomic mass is 15.1. The van der Waals surface area contributed by atoms with Crippen LogP contribution in [0.2, 0.25) is 0 Å². The molecule has 1 saturated carbocycles. The summed E-state index contributed by atoms with van der Waals surface area (Å²) in [7, 11) is 0. The molecule has 1 aliphatic rings. The predicted molar refractivity (Wildman–Crippen MR) is 37.7 cm³/mol. The fourth-order valence-corrected chi connectivity index (χ4v) is 0.811. The Morgan fingerprint density at radius 2 is 2.33 bits per heavy atom. The van der Waals surface area contributed by atoms with Crippen LogP contribution in [0.1, 0.15) is 19.8 Å². The van der Waals surface area contributed by atoms with Crippen LogP contribution in [0.3, 0.4) is 0 Å². The summed E-state index contributed by atoms with van der Waals surface area (Å²) in [6, 6.07) is 0. The molecule has 3 nitrogen and oxygen atoms in total. The molecule has 1 aliphatic carbocycles. The van der Waals surface area contributed by atoms with Crippen LogP contribution in [0, 0.1) is 10.8 Å². The van der Waals surface area contributed by atoms with E-state index in [1.807, 2.05) is 0 Å². The van der Waals surface area contributed by atoms with E-state index in [-0.39, 0.29) is 5.41 Å². The molecule has 0 unspecified atom stereocenters. The van der Waals surface area contributed by atoms with Crippen LogP contribution < -0.4 is 5.84 Å². The molecule has 9 heavy (non-hydrogen) atoms. The van der Waals surface area contributed by atoms with E-state index in [4.69, 9.17) is 11.3 Å². The molecule has 0 aromatic heterocycles. The number of nitrogens with zero attached hydrogens (tertiary/aromatic N) is 1. The lowest BCUT2D eigenvalue weighted by Gasteiger charge is -2.03. The maximum atomic E-state index is 6.92. The molecule has 1 rings (SSSR count). The average Bonchev–Trinajstić information content (AvgIpc) is 2.52. The van der Waals surface area contributed by atoms with Gasteiger partial charge in [0, 0.05) is 11.6 Å². The maximum Gasteiger partial charge on any atom is 0.0834 e. The fraction of sp³-hybridized carbons (Fsp3) is 0.667. The molecule has 0 atom stereocenters. The van der Waals surface area contributed by atoms with Crippen molar-refractivity contribution in [1.82, 2.24) is 0 Å². The topological polar surface area (TPSA) is 62.2 Å². The average molecular weight is 125 g/mol. The zero-order chi connectivity index (χ0) is 6.91. The molecular formula is C6H11N3. The first-order chi connectivity index (χ1) is 4.23. The van der Waals surface area contributed by atoms with E-state index in [1.54, 1.807) is 0 Å². The van der Waals surface area contributed by atoms with Crippen LogP contribution in [0.25, 0.3) is 0 Å². The number of hydrazone groups is 1. The highest BCUT2D eigenvalue weighted by Gasteiger charge is 2.41. The van der Waals surface area contributed by atoms with Crippen molar-refractivity contribution in [3.05, 3.63) is 0 Å². The van der Waals surface area contributed by atoms with E-state index in [0.29, 0.717) is 0 Å². The zero-order valence-corrected chi connectivity index (χ0v) is 5.52. The Morgan fingerprint density at radius 3 is 2.44 bits per heavy atom. The molecule has 0 aromatic rings. The monoisotopic (exact) mass is 125 g/mol. The molecular weight excluding hydrogens is 114 g/mol. The largest absolute Gasteiger partial charge is 0.323 e. The third-order valence-electron chi connectivity index (χ3n) is 1.89. The minimum atomic E-state index is 0.149. The Bertz CT molecular complexity index is 156. The van der Waals surface area contributed by atoms with Crippen molar-refractivity contribution in [2.75, 3.05) is 0 Å². The van der Waals surface area contributed by atoms with Gasteiger partial charge in [-0.2, -0.15) is 5.10 Å². The van der Waals surface area contributed by atoms with E-state index in [1.165, 1.54) is 6.21 Å². The zero-order valence-electron chi connectivity index (χ0n) is 5.52. The smallest absolute Gasteiger partial charge is 0.0834 e. The van der Waals surface area contributed by atoms with Gasteiger partial charge in [0.05, 0.1) is 5.71 Å². The van der Waals surface area contributed by atoms with Crippen molar-refractivity contribution >= 4 is 11.9 Å². The van der Waals surface area contributed by atoms with Gasteiger partial charge in [-0.3, -0.25) is 0 Å². The molecule has 3 N–H and O–H groups in total. The van der Waals surface area contributed by atoms with Crippen molar-refractivity contribution in [1.29, 1.82) is 5.41 Å². The highest BCUT2D eigenvalue weighted by Crippen LogP contribution is 2.45. The first-order valence-electron chi connectivity index (χ1n) is 3.02. The lowest BCUT2D eigenvalue weighted by atomic mass is 10.0. The quantitative estimate of drug-likeness (QED) is 0.319.